The fourth-order valence-corrected chi connectivity index (χ4v) is 4.31. The largest absolute Gasteiger partial charge is 0.329 e. The first-order chi connectivity index (χ1) is 12.2. The highest BCUT2D eigenvalue weighted by Crippen LogP contribution is 2.35. The number of likely N-dealkylation sites (tertiary alicyclic amines) is 1. The molecule has 1 saturated heterocycles. The van der Waals surface area contributed by atoms with E-state index in [1.54, 1.807) is 11.8 Å². The van der Waals surface area contributed by atoms with Gasteiger partial charge in [0, 0.05) is 18.5 Å². The Balaban J connectivity index is 1.72. The van der Waals surface area contributed by atoms with E-state index in [9.17, 15) is 4.79 Å². The van der Waals surface area contributed by atoms with Crippen LogP contribution in [0.2, 0.25) is 0 Å². The summed E-state index contributed by atoms with van der Waals surface area (Å²) >= 11 is 1.62. The topological polar surface area (TPSA) is 38.1 Å². The molecule has 2 heterocycles. The minimum atomic E-state index is 0.0415. The maximum atomic E-state index is 13.2. The quantitative estimate of drug-likeness (QED) is 0.661. The van der Waals surface area contributed by atoms with E-state index < -0.39 is 0 Å². The van der Waals surface area contributed by atoms with Gasteiger partial charge >= 0.3 is 0 Å². The monoisotopic (exact) mass is 351 g/mol. The molecule has 1 aromatic heterocycles. The number of nitrogens with zero attached hydrogens (tertiary/aromatic N) is 3. The number of thioether (sulfide) groups is 1. The maximum absolute atomic E-state index is 13.2. The van der Waals surface area contributed by atoms with E-state index in [-0.39, 0.29) is 11.9 Å². The van der Waals surface area contributed by atoms with Crippen LogP contribution in [-0.2, 0) is 7.05 Å². The molecule has 4 rings (SSSR count). The number of rotatable bonds is 3. The summed E-state index contributed by atoms with van der Waals surface area (Å²) in [6.07, 6.45) is 3.99. The molecule has 0 radical (unpaired) electrons. The van der Waals surface area contributed by atoms with Gasteiger partial charge in [-0.05, 0) is 43.4 Å². The van der Waals surface area contributed by atoms with Crippen LogP contribution in [0.5, 0.6) is 0 Å². The lowest BCUT2D eigenvalue weighted by molar-refractivity contribution is 0.0725. The van der Waals surface area contributed by atoms with E-state index in [0.717, 1.165) is 46.7 Å². The Morgan fingerprint density at radius 1 is 1.16 bits per heavy atom. The highest BCUT2D eigenvalue weighted by molar-refractivity contribution is 7.98. The minimum Gasteiger partial charge on any atom is -0.329 e. The number of fused-ring (bicyclic) bond motifs is 1. The number of aryl methyl sites for hydroxylation is 1. The second-order valence-electron chi connectivity index (χ2n) is 6.37. The van der Waals surface area contributed by atoms with Gasteiger partial charge < -0.3 is 9.47 Å². The Kier molecular flexibility index (Phi) is 4.25. The van der Waals surface area contributed by atoms with Crippen LogP contribution in [0, 0.1) is 0 Å². The van der Waals surface area contributed by atoms with Gasteiger partial charge in [-0.1, -0.05) is 24.3 Å². The second-order valence-corrected chi connectivity index (χ2v) is 7.22. The molecule has 3 aromatic rings. The zero-order valence-electron chi connectivity index (χ0n) is 14.5. The maximum Gasteiger partial charge on any atom is 0.255 e. The number of amides is 1. The van der Waals surface area contributed by atoms with Crippen molar-refractivity contribution in [3.8, 4) is 0 Å². The van der Waals surface area contributed by atoms with Gasteiger partial charge in [-0.2, -0.15) is 0 Å². The first-order valence-corrected chi connectivity index (χ1v) is 9.78. The smallest absolute Gasteiger partial charge is 0.255 e. The molecule has 0 N–H and O–H groups in total. The summed E-state index contributed by atoms with van der Waals surface area (Å²) < 4.78 is 2.13. The molecule has 25 heavy (non-hydrogen) atoms. The van der Waals surface area contributed by atoms with E-state index in [4.69, 9.17) is 4.98 Å². The Hall–Kier alpha value is -2.27. The van der Waals surface area contributed by atoms with Crippen molar-refractivity contribution in [2.75, 3.05) is 12.8 Å². The van der Waals surface area contributed by atoms with Crippen LogP contribution in [-0.4, -0.2) is 33.2 Å². The Morgan fingerprint density at radius 2 is 1.92 bits per heavy atom. The van der Waals surface area contributed by atoms with Crippen molar-refractivity contribution in [1.82, 2.24) is 14.5 Å². The SMILES string of the molecule is CSc1ccccc1C(=O)N1CCCC1c1nc2ccccc2n1C. The van der Waals surface area contributed by atoms with Crippen LogP contribution in [0.3, 0.4) is 0 Å². The van der Waals surface area contributed by atoms with Crippen molar-refractivity contribution >= 4 is 28.7 Å². The Morgan fingerprint density at radius 3 is 2.72 bits per heavy atom. The molecule has 1 atom stereocenters. The number of para-hydroxylation sites is 2. The highest BCUT2D eigenvalue weighted by Gasteiger charge is 2.34. The van der Waals surface area contributed by atoms with Crippen LogP contribution in [0.4, 0.5) is 0 Å². The fourth-order valence-electron chi connectivity index (χ4n) is 3.72. The Bertz CT molecular complexity index is 934. The summed E-state index contributed by atoms with van der Waals surface area (Å²) in [4.78, 5) is 21.1. The van der Waals surface area contributed by atoms with Gasteiger partial charge in [0.2, 0.25) is 0 Å². The summed E-state index contributed by atoms with van der Waals surface area (Å²) in [6, 6.07) is 16.0. The first kappa shape index (κ1) is 16.2. The summed E-state index contributed by atoms with van der Waals surface area (Å²) in [7, 11) is 2.04. The molecule has 1 amide bonds. The van der Waals surface area contributed by atoms with Crippen molar-refractivity contribution in [3.63, 3.8) is 0 Å². The van der Waals surface area contributed by atoms with Gasteiger partial charge in [-0.25, -0.2) is 4.98 Å². The highest BCUT2D eigenvalue weighted by atomic mass is 32.2. The van der Waals surface area contributed by atoms with Crippen LogP contribution in [0.15, 0.2) is 53.4 Å². The molecule has 0 bridgehead atoms. The van der Waals surface area contributed by atoms with Crippen molar-refractivity contribution in [2.24, 2.45) is 7.05 Å². The lowest BCUT2D eigenvalue weighted by atomic mass is 10.1. The van der Waals surface area contributed by atoms with Gasteiger partial charge in [0.25, 0.3) is 5.91 Å². The van der Waals surface area contributed by atoms with Crippen LogP contribution in [0.1, 0.15) is 35.1 Å². The van der Waals surface area contributed by atoms with Gasteiger partial charge in [0.05, 0.1) is 22.6 Å². The van der Waals surface area contributed by atoms with Gasteiger partial charge in [-0.15, -0.1) is 11.8 Å². The summed E-state index contributed by atoms with van der Waals surface area (Å²) in [5.41, 5.74) is 2.89. The number of aromatic nitrogens is 2. The predicted molar refractivity (Wildman–Crippen MR) is 102 cm³/mol. The van der Waals surface area contributed by atoms with E-state index in [1.807, 2.05) is 60.7 Å². The number of benzene rings is 2. The molecule has 128 valence electrons. The number of imidazole rings is 1. The lowest BCUT2D eigenvalue weighted by Crippen LogP contribution is -2.32. The van der Waals surface area contributed by atoms with Gasteiger partial charge in [0.1, 0.15) is 5.82 Å². The first-order valence-electron chi connectivity index (χ1n) is 8.56. The molecular weight excluding hydrogens is 330 g/mol. The van der Waals surface area contributed by atoms with E-state index in [0.29, 0.717) is 0 Å². The molecule has 5 heteroatoms. The third kappa shape index (κ3) is 2.72. The molecule has 1 aliphatic rings. The van der Waals surface area contributed by atoms with E-state index >= 15 is 0 Å². The second kappa shape index (κ2) is 6.56. The summed E-state index contributed by atoms with van der Waals surface area (Å²) in [5.74, 6) is 1.09. The van der Waals surface area contributed by atoms with Crippen molar-refractivity contribution in [3.05, 3.63) is 59.9 Å². The molecule has 1 fully saturated rings. The molecule has 0 saturated carbocycles. The molecular formula is C20H21N3OS. The average molecular weight is 351 g/mol. The molecule has 0 spiro atoms. The number of carbonyl (C=O) groups excluding carboxylic acids is 1. The normalized spacial score (nSPS) is 17.4. The predicted octanol–water partition coefficient (Wildman–Crippen LogP) is 4.27. The zero-order valence-corrected chi connectivity index (χ0v) is 15.3. The summed E-state index contributed by atoms with van der Waals surface area (Å²) in [5, 5.41) is 0. The van der Waals surface area contributed by atoms with Crippen LogP contribution < -0.4 is 0 Å². The van der Waals surface area contributed by atoms with E-state index in [1.165, 1.54) is 0 Å². The zero-order chi connectivity index (χ0) is 17.4. The minimum absolute atomic E-state index is 0.0415. The third-order valence-electron chi connectivity index (χ3n) is 4.97. The number of hydrogen-bond acceptors (Lipinski definition) is 3. The van der Waals surface area contributed by atoms with E-state index in [2.05, 4.69) is 10.6 Å². The fraction of sp³-hybridized carbons (Fsp3) is 0.300. The lowest BCUT2D eigenvalue weighted by Gasteiger charge is -2.25. The standard InChI is InChI=1S/C20H21N3OS/c1-22-16-10-5-4-9-15(16)21-19(22)17-11-7-13-23(17)20(24)14-8-3-6-12-18(14)25-2/h3-6,8-10,12,17H,7,11,13H2,1-2H3. The summed E-state index contributed by atoms with van der Waals surface area (Å²) in [6.45, 7) is 0.787. The van der Waals surface area contributed by atoms with Crippen molar-refractivity contribution in [2.45, 2.75) is 23.8 Å². The molecule has 4 nitrogen and oxygen atoms in total. The number of carbonyl (C=O) groups is 1. The molecule has 0 aliphatic carbocycles. The molecule has 1 aliphatic heterocycles. The molecule has 1 unspecified atom stereocenters. The van der Waals surface area contributed by atoms with Gasteiger partial charge in [0.15, 0.2) is 0 Å². The van der Waals surface area contributed by atoms with Crippen molar-refractivity contribution < 1.29 is 4.79 Å². The third-order valence-corrected chi connectivity index (χ3v) is 5.77. The van der Waals surface area contributed by atoms with Crippen molar-refractivity contribution in [1.29, 1.82) is 0 Å². The van der Waals surface area contributed by atoms with Crippen LogP contribution in [0.25, 0.3) is 11.0 Å². The van der Waals surface area contributed by atoms with Crippen LogP contribution >= 0.6 is 11.8 Å². The average Bonchev–Trinajstić information content (AvgIpc) is 3.26. The Labute approximate surface area is 151 Å². The van der Waals surface area contributed by atoms with Gasteiger partial charge in [-0.3, -0.25) is 4.79 Å². The number of hydrogen-bond donors (Lipinski definition) is 0. The molecule has 2 aromatic carbocycles.